The van der Waals surface area contributed by atoms with E-state index < -0.39 is 24.2 Å². The number of nitrogens with zero attached hydrogens (tertiary/aromatic N) is 2. The summed E-state index contributed by atoms with van der Waals surface area (Å²) in [4.78, 5) is 36.0. The van der Waals surface area contributed by atoms with Gasteiger partial charge in [-0.1, -0.05) is 52.8 Å². The minimum absolute atomic E-state index is 0.0204. The number of nitrogens with one attached hydrogen (secondary N) is 2. The lowest BCUT2D eigenvalue weighted by Gasteiger charge is -2.62. The van der Waals surface area contributed by atoms with Crippen LogP contribution in [0.25, 0.3) is 11.1 Å². The number of benzene rings is 2. The fraction of sp³-hybridized carbons (Fsp3) is 0.650. The van der Waals surface area contributed by atoms with E-state index in [0.29, 0.717) is 46.2 Å². The first-order valence-corrected chi connectivity index (χ1v) is 18.6. The number of hydroxylamine groups is 2. The molecule has 4 aliphatic rings. The van der Waals surface area contributed by atoms with Crippen LogP contribution in [0.3, 0.4) is 0 Å². The zero-order valence-electron chi connectivity index (χ0n) is 32.0. The van der Waals surface area contributed by atoms with Crippen molar-refractivity contribution in [3.63, 3.8) is 0 Å². The normalized spacial score (nSPS) is 28.3. The summed E-state index contributed by atoms with van der Waals surface area (Å²) in [7, 11) is 5.57. The topological polar surface area (TPSA) is 150 Å². The first-order valence-electron chi connectivity index (χ1n) is 18.6. The molecule has 2 aromatic carbocycles. The van der Waals surface area contributed by atoms with Gasteiger partial charge in [-0.05, 0) is 93.1 Å². The van der Waals surface area contributed by atoms with Crippen molar-refractivity contribution < 1.29 is 29.4 Å². The molecule has 1 heterocycles. The molecule has 0 unspecified atom stereocenters. The molecule has 282 valence electrons. The number of carbonyl (C=O) groups is 2. The molecule has 9 atom stereocenters. The second-order valence-electron chi connectivity index (χ2n) is 16.6. The minimum atomic E-state index is -0.901. The highest BCUT2D eigenvalue weighted by atomic mass is 16.7. The van der Waals surface area contributed by atoms with Crippen molar-refractivity contribution in [1.29, 1.82) is 0 Å². The van der Waals surface area contributed by atoms with Crippen LogP contribution in [0.5, 0.6) is 5.75 Å². The van der Waals surface area contributed by atoms with Crippen LogP contribution in [0.2, 0.25) is 0 Å². The van der Waals surface area contributed by atoms with E-state index in [1.165, 1.54) is 6.42 Å². The summed E-state index contributed by atoms with van der Waals surface area (Å²) in [6.07, 6.45) is 1.32. The van der Waals surface area contributed by atoms with Crippen LogP contribution in [0.4, 0.5) is 5.69 Å². The summed E-state index contributed by atoms with van der Waals surface area (Å²) in [5.41, 5.74) is 9.74. The van der Waals surface area contributed by atoms with Gasteiger partial charge in [0.25, 0.3) is 5.91 Å². The van der Waals surface area contributed by atoms with Gasteiger partial charge in [-0.3, -0.25) is 14.4 Å². The fourth-order valence-corrected chi connectivity index (χ4v) is 9.23. The van der Waals surface area contributed by atoms with E-state index in [-0.39, 0.29) is 42.5 Å². The Bertz CT molecular complexity index is 1540. The largest absolute Gasteiger partial charge is 0.496 e. The molecule has 3 saturated carbocycles. The predicted molar refractivity (Wildman–Crippen MR) is 200 cm³/mol. The second kappa shape index (κ2) is 15.8. The number of fused-ring (bicyclic) bond motifs is 2. The van der Waals surface area contributed by atoms with E-state index in [0.717, 1.165) is 30.5 Å². The number of para-hydroxylation sites is 1. The van der Waals surface area contributed by atoms with Crippen molar-refractivity contribution in [3.8, 4) is 16.9 Å². The maximum Gasteiger partial charge on any atom is 0.251 e. The average molecular weight is 708 g/mol. The number of hydrogen-bond donors (Lipinski definition) is 5. The third kappa shape index (κ3) is 8.23. The third-order valence-corrected chi connectivity index (χ3v) is 11.9. The highest BCUT2D eigenvalue weighted by Crippen LogP contribution is 2.61. The standard InChI is InChI=1S/C40H61N5O6/c1-22(2)13-30(20-44(7)8)42-38(48)27-14-26(15-29(41)16-27)31-12-10-11-25(37(31)50-9)19-45-36(35(24(4)47)34(21-46)51-45)39(49)43-33-18-28-17-32(23(33)3)40(28,5)6/h10-12,14-16,22-24,28,30,32-36,46-47H,13,17-21,41H2,1-9H3,(H,42,48)(H,43,49)/t23-,24-,28+,30-,32+,33-,34-,35+,36-/m0/s1. The number of ether oxygens (including phenoxy) is 1. The Morgan fingerprint density at radius 2 is 1.88 bits per heavy atom. The van der Waals surface area contributed by atoms with Crippen molar-refractivity contribution in [2.24, 2.45) is 35.0 Å². The number of methoxy groups -OCH3 is 1. The lowest BCUT2D eigenvalue weighted by Crippen LogP contribution is -2.62. The summed E-state index contributed by atoms with van der Waals surface area (Å²) >= 11 is 0. The first-order chi connectivity index (χ1) is 24.0. The number of hydrogen-bond acceptors (Lipinski definition) is 9. The van der Waals surface area contributed by atoms with Gasteiger partial charge in [0.2, 0.25) is 5.91 Å². The van der Waals surface area contributed by atoms with Crippen LogP contribution < -0.4 is 21.1 Å². The SMILES string of the molecule is COc1c(CN2O[C@@H](CO)[C@@H]([C@H](C)O)[C@H]2C(=O)N[C@H]2C[C@H]3C[C@H]([C@@H]2C)C3(C)C)cccc1-c1cc(N)cc(C(=O)N[C@@H](CC(C)C)CN(C)C)c1. The summed E-state index contributed by atoms with van der Waals surface area (Å²) in [5, 5.41) is 29.3. The Kier molecular flexibility index (Phi) is 12.1. The van der Waals surface area contributed by atoms with Gasteiger partial charge in [0, 0.05) is 46.9 Å². The zero-order chi connectivity index (χ0) is 37.4. The molecule has 0 aromatic heterocycles. The second-order valence-corrected chi connectivity index (χ2v) is 16.6. The summed E-state index contributed by atoms with van der Waals surface area (Å²) < 4.78 is 6.00. The Labute approximate surface area is 304 Å². The number of amides is 2. The van der Waals surface area contributed by atoms with Crippen molar-refractivity contribution in [2.45, 2.75) is 97.7 Å². The Hall–Kier alpha value is -3.22. The van der Waals surface area contributed by atoms with Crippen LogP contribution in [0.15, 0.2) is 36.4 Å². The molecule has 1 aliphatic heterocycles. The number of aliphatic hydroxyl groups excluding tert-OH is 2. The van der Waals surface area contributed by atoms with E-state index in [9.17, 15) is 19.8 Å². The molecule has 6 N–H and O–H groups in total. The predicted octanol–water partition coefficient (Wildman–Crippen LogP) is 4.31. The van der Waals surface area contributed by atoms with Crippen LogP contribution in [-0.2, 0) is 16.2 Å². The molecule has 2 bridgehead atoms. The lowest BCUT2D eigenvalue weighted by molar-refractivity contribution is -0.183. The fourth-order valence-electron chi connectivity index (χ4n) is 9.23. The van der Waals surface area contributed by atoms with Gasteiger partial charge >= 0.3 is 0 Å². The molecule has 51 heavy (non-hydrogen) atoms. The van der Waals surface area contributed by atoms with Crippen molar-refractivity contribution in [2.75, 3.05) is 40.1 Å². The van der Waals surface area contributed by atoms with Crippen molar-refractivity contribution in [3.05, 3.63) is 47.5 Å². The van der Waals surface area contributed by atoms with E-state index in [2.05, 4.69) is 50.2 Å². The molecule has 3 aliphatic carbocycles. The van der Waals surface area contributed by atoms with E-state index in [1.54, 1.807) is 25.2 Å². The van der Waals surface area contributed by atoms with Gasteiger partial charge in [-0.2, -0.15) is 5.06 Å². The molecule has 0 spiro atoms. The maximum atomic E-state index is 14.2. The number of nitrogens with two attached hydrogens (primary N) is 1. The maximum absolute atomic E-state index is 14.2. The van der Waals surface area contributed by atoms with Gasteiger partial charge in [-0.15, -0.1) is 0 Å². The van der Waals surface area contributed by atoms with Crippen LogP contribution in [0, 0.1) is 35.0 Å². The van der Waals surface area contributed by atoms with E-state index in [1.807, 2.05) is 44.4 Å². The zero-order valence-corrected chi connectivity index (χ0v) is 32.0. The molecule has 1 saturated heterocycles. The molecule has 11 heteroatoms. The molecule has 11 nitrogen and oxygen atoms in total. The van der Waals surface area contributed by atoms with Gasteiger partial charge in [-0.25, -0.2) is 0 Å². The molecular weight excluding hydrogens is 646 g/mol. The smallest absolute Gasteiger partial charge is 0.251 e. The molecule has 4 fully saturated rings. The number of aliphatic hydroxyl groups is 2. The van der Waals surface area contributed by atoms with Gasteiger partial charge in [0.15, 0.2) is 0 Å². The molecular formula is C40H61N5O6. The molecule has 0 radical (unpaired) electrons. The van der Waals surface area contributed by atoms with Gasteiger partial charge in [0.05, 0.1) is 26.4 Å². The van der Waals surface area contributed by atoms with E-state index >= 15 is 0 Å². The molecule has 2 amide bonds. The monoisotopic (exact) mass is 707 g/mol. The number of likely N-dealkylation sites (N-methyl/N-ethyl adjacent to an activating group) is 1. The number of rotatable bonds is 14. The highest BCUT2D eigenvalue weighted by molar-refractivity contribution is 5.97. The Morgan fingerprint density at radius 1 is 1.16 bits per heavy atom. The number of anilines is 1. The Balaban J connectivity index is 1.41. The molecule has 6 rings (SSSR count). The van der Waals surface area contributed by atoms with Crippen molar-refractivity contribution in [1.82, 2.24) is 20.6 Å². The number of carbonyl (C=O) groups excluding carboxylic acids is 2. The average Bonchev–Trinajstić information content (AvgIpc) is 3.43. The number of nitrogen functional groups attached to an aromatic ring is 1. The van der Waals surface area contributed by atoms with Crippen LogP contribution >= 0.6 is 0 Å². The first kappa shape index (κ1) is 39.0. The highest BCUT2D eigenvalue weighted by Gasteiger charge is 2.57. The molecule has 2 aromatic rings. The minimum Gasteiger partial charge on any atom is -0.496 e. The van der Waals surface area contributed by atoms with Crippen molar-refractivity contribution >= 4 is 17.5 Å². The van der Waals surface area contributed by atoms with Gasteiger partial charge in [0.1, 0.15) is 17.9 Å². The lowest BCUT2D eigenvalue weighted by atomic mass is 9.45. The summed E-state index contributed by atoms with van der Waals surface area (Å²) in [6.45, 7) is 13.4. The van der Waals surface area contributed by atoms with Gasteiger partial charge < -0.3 is 36.2 Å². The quantitative estimate of drug-likeness (QED) is 0.181. The summed E-state index contributed by atoms with van der Waals surface area (Å²) in [5.74, 6) is 1.38. The van der Waals surface area contributed by atoms with Crippen LogP contribution in [0.1, 0.15) is 76.7 Å². The van der Waals surface area contributed by atoms with E-state index in [4.69, 9.17) is 15.3 Å². The summed E-state index contributed by atoms with van der Waals surface area (Å²) in [6, 6.07) is 10.2. The Morgan fingerprint density at radius 3 is 2.47 bits per heavy atom. The third-order valence-electron chi connectivity index (χ3n) is 11.9. The van der Waals surface area contributed by atoms with Crippen LogP contribution in [-0.4, -0.2) is 96.7 Å².